The van der Waals surface area contributed by atoms with Gasteiger partial charge in [-0.3, -0.25) is 20.3 Å². The van der Waals surface area contributed by atoms with Crippen LogP contribution in [0.4, 0.5) is 5.69 Å². The van der Waals surface area contributed by atoms with E-state index < -0.39 is 10.8 Å². The van der Waals surface area contributed by atoms with Crippen LogP contribution in [0, 0.1) is 15.5 Å². The van der Waals surface area contributed by atoms with Gasteiger partial charge in [-0.15, -0.1) is 0 Å². The van der Waals surface area contributed by atoms with Crippen LogP contribution in [-0.2, 0) is 4.79 Å². The van der Waals surface area contributed by atoms with E-state index in [0.29, 0.717) is 16.0 Å². The molecule has 0 radical (unpaired) electrons. The van der Waals surface area contributed by atoms with Crippen molar-refractivity contribution in [2.45, 2.75) is 6.92 Å². The molecule has 10 nitrogen and oxygen atoms in total. The highest BCUT2D eigenvalue weighted by atomic mass is 32.2. The molecule has 2 aliphatic heterocycles. The average Bonchev–Trinajstić information content (AvgIpc) is 3.30. The number of hydrogen-bond donors (Lipinski definition) is 1. The Bertz CT molecular complexity index is 1160. The fourth-order valence-electron chi connectivity index (χ4n) is 2.80. The highest BCUT2D eigenvalue weighted by Crippen LogP contribution is 2.35. The Kier molecular flexibility index (Phi) is 4.51. The van der Waals surface area contributed by atoms with Crippen molar-refractivity contribution < 1.29 is 18.9 Å². The molecule has 1 N–H and O–H groups in total. The van der Waals surface area contributed by atoms with Gasteiger partial charge < -0.3 is 9.15 Å². The summed E-state index contributed by atoms with van der Waals surface area (Å²) in [6, 6.07) is 7.53. The molecule has 0 fully saturated rings. The van der Waals surface area contributed by atoms with E-state index in [1.165, 1.54) is 42.1 Å². The summed E-state index contributed by atoms with van der Waals surface area (Å²) in [7, 11) is 1.42. The average molecular weight is 411 g/mol. The number of benzene rings is 1. The molecule has 0 atom stereocenters. The Morgan fingerprint density at radius 3 is 2.86 bits per heavy atom. The predicted octanol–water partition coefficient (Wildman–Crippen LogP) is 3.50. The van der Waals surface area contributed by atoms with Crippen molar-refractivity contribution in [1.82, 2.24) is 5.01 Å². The van der Waals surface area contributed by atoms with Crippen molar-refractivity contribution in [3.8, 4) is 17.1 Å². The highest BCUT2D eigenvalue weighted by molar-refractivity contribution is 8.26. The van der Waals surface area contributed by atoms with E-state index in [-0.39, 0.29) is 34.2 Å². The number of amides is 1. The topological polar surface area (TPSA) is 134 Å². The quantitative estimate of drug-likeness (QED) is 0.462. The summed E-state index contributed by atoms with van der Waals surface area (Å²) < 4.78 is 10.7. The van der Waals surface area contributed by atoms with Crippen LogP contribution in [-0.4, -0.2) is 39.0 Å². The molecule has 0 unspecified atom stereocenters. The smallest absolute Gasteiger partial charge is 0.284 e. The molecule has 1 aromatic heterocycles. The highest BCUT2D eigenvalue weighted by Gasteiger charge is 2.34. The van der Waals surface area contributed by atoms with E-state index >= 15 is 0 Å². The van der Waals surface area contributed by atoms with E-state index in [1.807, 2.05) is 0 Å². The summed E-state index contributed by atoms with van der Waals surface area (Å²) in [6.45, 7) is 1.76. The SMILES string of the molecule is COc1ccc(-c2ccc(/C=C3\C(=N)N4N=C(C)SC4=NC3=O)o2)c([N+](=O)[O-])c1. The molecule has 3 heterocycles. The molecule has 0 aliphatic carbocycles. The Morgan fingerprint density at radius 2 is 2.14 bits per heavy atom. The van der Waals surface area contributed by atoms with Crippen LogP contribution in [0.5, 0.6) is 5.75 Å². The second-order valence-electron chi connectivity index (χ2n) is 5.98. The number of hydrazone groups is 1. The monoisotopic (exact) mass is 411 g/mol. The van der Waals surface area contributed by atoms with Gasteiger partial charge in [0, 0.05) is 0 Å². The molecule has 0 bridgehead atoms. The predicted molar refractivity (Wildman–Crippen MR) is 108 cm³/mol. The molecular formula is C18H13N5O5S. The van der Waals surface area contributed by atoms with Gasteiger partial charge in [-0.1, -0.05) is 0 Å². The van der Waals surface area contributed by atoms with Gasteiger partial charge in [0.25, 0.3) is 11.6 Å². The third kappa shape index (κ3) is 3.31. The summed E-state index contributed by atoms with van der Waals surface area (Å²) in [5.74, 6) is 0.161. The zero-order valence-corrected chi connectivity index (χ0v) is 16.0. The number of furan rings is 1. The number of fused-ring (bicyclic) bond motifs is 1. The van der Waals surface area contributed by atoms with Gasteiger partial charge in [0.15, 0.2) is 5.84 Å². The lowest BCUT2D eigenvalue weighted by atomic mass is 10.1. The van der Waals surface area contributed by atoms with Crippen LogP contribution >= 0.6 is 11.8 Å². The number of aliphatic imine (C=N–C) groups is 1. The lowest BCUT2D eigenvalue weighted by Gasteiger charge is -2.19. The summed E-state index contributed by atoms with van der Waals surface area (Å²) in [6.07, 6.45) is 1.37. The number of methoxy groups -OCH3 is 1. The number of nitrogens with zero attached hydrogens (tertiary/aromatic N) is 4. The first-order valence-electron chi connectivity index (χ1n) is 8.27. The summed E-state index contributed by atoms with van der Waals surface area (Å²) in [4.78, 5) is 27.1. The molecule has 11 heteroatoms. The number of nitro groups is 1. The van der Waals surface area contributed by atoms with Crippen LogP contribution in [0.3, 0.4) is 0 Å². The third-order valence-electron chi connectivity index (χ3n) is 4.14. The van der Waals surface area contributed by atoms with Crippen molar-refractivity contribution in [2.75, 3.05) is 7.11 Å². The van der Waals surface area contributed by atoms with Gasteiger partial charge >= 0.3 is 0 Å². The summed E-state index contributed by atoms with van der Waals surface area (Å²) >= 11 is 1.21. The fourth-order valence-corrected chi connectivity index (χ4v) is 3.54. The second-order valence-corrected chi connectivity index (χ2v) is 7.14. The van der Waals surface area contributed by atoms with Crippen molar-refractivity contribution in [2.24, 2.45) is 10.1 Å². The Labute approximate surface area is 168 Å². The van der Waals surface area contributed by atoms with E-state index in [4.69, 9.17) is 14.6 Å². The maximum absolute atomic E-state index is 12.3. The standard InChI is InChI=1S/C18H13N5O5S/c1-9-21-22-16(19)13(17(24)20-18(22)29-9)7-11-4-6-15(28-11)12-5-3-10(27-2)8-14(12)23(25)26/h3-8,19H,1-2H3/b13-7+,19-16?. The number of nitro benzene ring substituents is 1. The first-order valence-corrected chi connectivity index (χ1v) is 9.08. The molecule has 29 heavy (non-hydrogen) atoms. The lowest BCUT2D eigenvalue weighted by Crippen LogP contribution is -2.35. The number of ether oxygens (including phenoxy) is 1. The fraction of sp³-hybridized carbons (Fsp3) is 0.111. The molecule has 1 aromatic carbocycles. The maximum Gasteiger partial charge on any atom is 0.284 e. The van der Waals surface area contributed by atoms with Gasteiger partial charge in [0.1, 0.15) is 17.3 Å². The number of amidine groups is 2. The van der Waals surface area contributed by atoms with Crippen LogP contribution in [0.15, 0.2) is 50.4 Å². The van der Waals surface area contributed by atoms with Gasteiger partial charge in [0.05, 0.1) is 34.3 Å². The zero-order chi connectivity index (χ0) is 20.7. The minimum absolute atomic E-state index is 0.0120. The van der Waals surface area contributed by atoms with E-state index in [0.717, 1.165) is 0 Å². The van der Waals surface area contributed by atoms with Crippen molar-refractivity contribution in [3.63, 3.8) is 0 Å². The molecule has 4 rings (SSSR count). The molecule has 0 saturated carbocycles. The number of hydrogen-bond acceptors (Lipinski definition) is 8. The Morgan fingerprint density at radius 1 is 1.34 bits per heavy atom. The number of nitrogens with one attached hydrogen (secondary N) is 1. The Hall–Kier alpha value is -3.73. The van der Waals surface area contributed by atoms with E-state index in [1.54, 1.807) is 25.1 Å². The minimum Gasteiger partial charge on any atom is -0.497 e. The minimum atomic E-state index is -0.577. The molecule has 1 amide bonds. The van der Waals surface area contributed by atoms with Gasteiger partial charge in [-0.25, -0.2) is 0 Å². The largest absolute Gasteiger partial charge is 0.497 e. The molecular weight excluding hydrogens is 398 g/mol. The molecule has 2 aliphatic rings. The van der Waals surface area contributed by atoms with E-state index in [9.17, 15) is 14.9 Å². The van der Waals surface area contributed by atoms with Crippen LogP contribution in [0.1, 0.15) is 12.7 Å². The third-order valence-corrected chi connectivity index (χ3v) is 4.96. The van der Waals surface area contributed by atoms with Crippen molar-refractivity contribution >= 4 is 45.5 Å². The Balaban J connectivity index is 1.70. The molecule has 2 aromatic rings. The van der Waals surface area contributed by atoms with Crippen LogP contribution < -0.4 is 4.74 Å². The number of carbonyl (C=O) groups is 1. The van der Waals surface area contributed by atoms with Crippen LogP contribution in [0.2, 0.25) is 0 Å². The van der Waals surface area contributed by atoms with Gasteiger partial charge in [0.2, 0.25) is 5.17 Å². The molecule has 146 valence electrons. The molecule has 0 saturated heterocycles. The maximum atomic E-state index is 12.3. The summed E-state index contributed by atoms with van der Waals surface area (Å²) in [5, 5.41) is 26.1. The first-order chi connectivity index (χ1) is 13.9. The number of carbonyl (C=O) groups excluding carboxylic acids is 1. The van der Waals surface area contributed by atoms with Crippen molar-refractivity contribution in [3.05, 3.63) is 51.8 Å². The zero-order valence-electron chi connectivity index (χ0n) is 15.2. The lowest BCUT2D eigenvalue weighted by molar-refractivity contribution is -0.384. The van der Waals surface area contributed by atoms with Crippen molar-refractivity contribution in [1.29, 1.82) is 5.41 Å². The number of thioether (sulfide) groups is 1. The first kappa shape index (κ1) is 18.6. The number of rotatable bonds is 4. The van der Waals surface area contributed by atoms with E-state index in [2.05, 4.69) is 10.1 Å². The summed E-state index contributed by atoms with van der Waals surface area (Å²) in [5.41, 5.74) is 0.104. The normalized spacial score (nSPS) is 17.3. The van der Waals surface area contributed by atoms with Gasteiger partial charge in [-0.2, -0.15) is 15.1 Å². The second kappa shape index (κ2) is 7.02. The van der Waals surface area contributed by atoms with Gasteiger partial charge in [-0.05, 0) is 49.0 Å². The molecule has 0 spiro atoms. The van der Waals surface area contributed by atoms with Crippen LogP contribution in [0.25, 0.3) is 17.4 Å².